The highest BCUT2D eigenvalue weighted by Gasteiger charge is 2.10. The molecule has 1 rings (SSSR count). The first-order valence-corrected chi connectivity index (χ1v) is 2.60. The molecule has 54 valence electrons. The Kier molecular flexibility index (Phi) is 1.29. The molecule has 1 heterocycles. The lowest BCUT2D eigenvalue weighted by molar-refractivity contribution is 0.0995. The number of aromatic nitrogens is 3. The SMILES string of the molecule is Cc1c(C(N)=O)nnn1N. The molecule has 0 atom stereocenters. The second kappa shape index (κ2) is 1.98. The predicted molar refractivity (Wildman–Crippen MR) is 33.4 cm³/mol. The Labute approximate surface area is 56.8 Å². The van der Waals surface area contributed by atoms with Crippen molar-refractivity contribution in [1.82, 2.24) is 15.1 Å². The summed E-state index contributed by atoms with van der Waals surface area (Å²) in [4.78, 5) is 11.5. The maximum absolute atomic E-state index is 10.5. The Bertz CT molecular complexity index is 265. The highest BCUT2D eigenvalue weighted by atomic mass is 16.1. The molecule has 0 bridgehead atoms. The fraction of sp³-hybridized carbons (Fsp3) is 0.250. The number of carbonyl (C=O) groups is 1. The molecule has 0 saturated heterocycles. The number of carbonyl (C=O) groups excluding carboxylic acids is 1. The van der Waals surface area contributed by atoms with E-state index >= 15 is 0 Å². The molecule has 1 aromatic rings. The van der Waals surface area contributed by atoms with E-state index in [4.69, 9.17) is 11.6 Å². The fourth-order valence-corrected chi connectivity index (χ4v) is 0.568. The summed E-state index contributed by atoms with van der Waals surface area (Å²) in [6.07, 6.45) is 0. The molecule has 10 heavy (non-hydrogen) atoms. The Morgan fingerprint density at radius 2 is 2.30 bits per heavy atom. The molecule has 0 aliphatic rings. The van der Waals surface area contributed by atoms with Gasteiger partial charge in [0.1, 0.15) is 0 Å². The summed E-state index contributed by atoms with van der Waals surface area (Å²) < 4.78 is 0. The van der Waals surface area contributed by atoms with Crippen LogP contribution in [0.25, 0.3) is 0 Å². The van der Waals surface area contributed by atoms with Crippen molar-refractivity contribution in [3.63, 3.8) is 0 Å². The van der Waals surface area contributed by atoms with Crippen LogP contribution in [-0.2, 0) is 0 Å². The summed E-state index contributed by atoms with van der Waals surface area (Å²) in [5.41, 5.74) is 5.50. The van der Waals surface area contributed by atoms with Gasteiger partial charge in [-0.25, -0.2) is 0 Å². The zero-order valence-corrected chi connectivity index (χ0v) is 5.40. The van der Waals surface area contributed by atoms with Gasteiger partial charge in [-0.2, -0.15) is 4.79 Å². The number of nitrogen functional groups attached to an aromatic ring is 1. The van der Waals surface area contributed by atoms with E-state index in [1.54, 1.807) is 6.92 Å². The van der Waals surface area contributed by atoms with Gasteiger partial charge in [0.05, 0.1) is 5.69 Å². The standard InChI is InChI=1S/C4H7N5O/c1-2-3(4(5)10)7-8-9(2)6/h6H2,1H3,(H2,5,10). The minimum atomic E-state index is -0.616. The molecule has 0 aliphatic carbocycles. The highest BCUT2D eigenvalue weighted by molar-refractivity contribution is 5.91. The van der Waals surface area contributed by atoms with Crippen LogP contribution in [0.2, 0.25) is 0 Å². The quantitative estimate of drug-likeness (QED) is 0.460. The van der Waals surface area contributed by atoms with Crippen LogP contribution in [0, 0.1) is 6.92 Å². The summed E-state index contributed by atoms with van der Waals surface area (Å²) in [6.45, 7) is 1.61. The molecule has 6 heteroatoms. The molecule has 0 unspecified atom stereocenters. The molecule has 0 fully saturated rings. The summed E-state index contributed by atoms with van der Waals surface area (Å²) >= 11 is 0. The van der Waals surface area contributed by atoms with Gasteiger partial charge in [0.2, 0.25) is 0 Å². The molecule has 6 nitrogen and oxygen atoms in total. The van der Waals surface area contributed by atoms with Crippen molar-refractivity contribution < 1.29 is 4.79 Å². The third-order valence-corrected chi connectivity index (χ3v) is 1.16. The average molecular weight is 141 g/mol. The third kappa shape index (κ3) is 0.790. The smallest absolute Gasteiger partial charge is 0.271 e. The largest absolute Gasteiger partial charge is 0.364 e. The number of primary amides is 1. The van der Waals surface area contributed by atoms with E-state index in [9.17, 15) is 4.79 Å². The van der Waals surface area contributed by atoms with Crippen LogP contribution in [0.15, 0.2) is 0 Å². The molecular weight excluding hydrogens is 134 g/mol. The van der Waals surface area contributed by atoms with Crippen molar-refractivity contribution >= 4 is 5.91 Å². The van der Waals surface area contributed by atoms with Gasteiger partial charge in [-0.15, -0.1) is 5.10 Å². The minimum Gasteiger partial charge on any atom is -0.364 e. The average Bonchev–Trinajstić information content (AvgIpc) is 2.14. The van der Waals surface area contributed by atoms with Crippen LogP contribution in [0.3, 0.4) is 0 Å². The summed E-state index contributed by atoms with van der Waals surface area (Å²) in [5.74, 6) is 4.60. The lowest BCUT2D eigenvalue weighted by atomic mass is 10.3. The number of nitrogens with zero attached hydrogens (tertiary/aromatic N) is 3. The summed E-state index contributed by atoms with van der Waals surface area (Å²) in [6, 6.07) is 0. The molecule has 0 saturated carbocycles. The van der Waals surface area contributed by atoms with E-state index in [0.717, 1.165) is 4.79 Å². The van der Waals surface area contributed by atoms with Gasteiger partial charge in [-0.1, -0.05) is 0 Å². The van der Waals surface area contributed by atoms with Gasteiger partial charge in [-0.3, -0.25) is 4.79 Å². The van der Waals surface area contributed by atoms with Gasteiger partial charge in [0.15, 0.2) is 5.69 Å². The first-order chi connectivity index (χ1) is 4.63. The maximum Gasteiger partial charge on any atom is 0.271 e. The summed E-state index contributed by atoms with van der Waals surface area (Å²) in [5, 5.41) is 6.81. The number of rotatable bonds is 1. The van der Waals surface area contributed by atoms with Crippen molar-refractivity contribution in [2.24, 2.45) is 5.73 Å². The number of amides is 1. The number of hydrogen-bond acceptors (Lipinski definition) is 4. The first kappa shape index (κ1) is 6.53. The second-order valence-electron chi connectivity index (χ2n) is 1.83. The molecule has 1 aromatic heterocycles. The first-order valence-electron chi connectivity index (χ1n) is 2.60. The summed E-state index contributed by atoms with van der Waals surface area (Å²) in [7, 11) is 0. The van der Waals surface area contributed by atoms with Gasteiger partial charge in [0.25, 0.3) is 5.91 Å². The number of hydrogen-bond donors (Lipinski definition) is 2. The van der Waals surface area contributed by atoms with Crippen molar-refractivity contribution in [2.75, 3.05) is 5.84 Å². The topological polar surface area (TPSA) is 99.8 Å². The van der Waals surface area contributed by atoms with E-state index in [2.05, 4.69) is 10.3 Å². The van der Waals surface area contributed by atoms with E-state index in [1.807, 2.05) is 0 Å². The van der Waals surface area contributed by atoms with Crippen molar-refractivity contribution in [3.05, 3.63) is 11.4 Å². The van der Waals surface area contributed by atoms with Gasteiger partial charge < -0.3 is 11.6 Å². The normalized spacial score (nSPS) is 9.70. The van der Waals surface area contributed by atoms with Gasteiger partial charge >= 0.3 is 0 Å². The Balaban J connectivity index is 3.17. The molecule has 0 aromatic carbocycles. The molecule has 0 radical (unpaired) electrons. The van der Waals surface area contributed by atoms with E-state index < -0.39 is 5.91 Å². The minimum absolute atomic E-state index is 0.113. The zero-order valence-electron chi connectivity index (χ0n) is 5.40. The lowest BCUT2D eigenvalue weighted by Crippen LogP contribution is -2.16. The lowest BCUT2D eigenvalue weighted by Gasteiger charge is -1.90. The predicted octanol–water partition coefficient (Wildman–Crippen LogP) is -1.60. The Morgan fingerprint density at radius 3 is 2.50 bits per heavy atom. The van der Waals surface area contributed by atoms with Crippen LogP contribution >= 0.6 is 0 Å². The van der Waals surface area contributed by atoms with Crippen LogP contribution in [0.1, 0.15) is 16.2 Å². The molecular formula is C4H7N5O. The van der Waals surface area contributed by atoms with Gasteiger partial charge in [0, 0.05) is 0 Å². The monoisotopic (exact) mass is 141 g/mol. The fourth-order valence-electron chi connectivity index (χ4n) is 0.568. The van der Waals surface area contributed by atoms with E-state index in [0.29, 0.717) is 5.69 Å². The molecule has 0 aliphatic heterocycles. The maximum atomic E-state index is 10.5. The molecule has 4 N–H and O–H groups in total. The van der Waals surface area contributed by atoms with Crippen LogP contribution in [-0.4, -0.2) is 21.0 Å². The Morgan fingerprint density at radius 1 is 1.70 bits per heavy atom. The van der Waals surface area contributed by atoms with Crippen LogP contribution in [0.5, 0.6) is 0 Å². The molecule has 1 amide bonds. The van der Waals surface area contributed by atoms with E-state index in [-0.39, 0.29) is 5.69 Å². The van der Waals surface area contributed by atoms with Crippen molar-refractivity contribution in [2.45, 2.75) is 6.92 Å². The van der Waals surface area contributed by atoms with Crippen molar-refractivity contribution in [3.8, 4) is 0 Å². The van der Waals surface area contributed by atoms with Crippen LogP contribution < -0.4 is 11.6 Å². The Hall–Kier alpha value is -1.59. The second-order valence-corrected chi connectivity index (χ2v) is 1.83. The van der Waals surface area contributed by atoms with Crippen molar-refractivity contribution in [1.29, 1.82) is 0 Å². The third-order valence-electron chi connectivity index (χ3n) is 1.16. The highest BCUT2D eigenvalue weighted by Crippen LogP contribution is 1.97. The van der Waals surface area contributed by atoms with Crippen LogP contribution in [0.4, 0.5) is 0 Å². The number of nitrogens with two attached hydrogens (primary N) is 2. The van der Waals surface area contributed by atoms with E-state index in [1.165, 1.54) is 0 Å². The van der Waals surface area contributed by atoms with Gasteiger partial charge in [-0.05, 0) is 12.1 Å². The zero-order chi connectivity index (χ0) is 7.72. The molecule has 0 spiro atoms.